The number of unbranched alkanes of at least 4 members (excludes halogenated alkanes) is 1. The number of rotatable bonds is 7. The summed E-state index contributed by atoms with van der Waals surface area (Å²) in [6.45, 7) is 4.95. The highest BCUT2D eigenvalue weighted by Crippen LogP contribution is 2.34. The summed E-state index contributed by atoms with van der Waals surface area (Å²) in [6, 6.07) is 5.40. The molecule has 2 atom stereocenters. The van der Waals surface area contributed by atoms with E-state index < -0.39 is 21.4 Å². The van der Waals surface area contributed by atoms with E-state index in [4.69, 9.17) is 0 Å². The molecule has 0 aromatic heterocycles. The minimum Gasteiger partial charge on any atom is -0.319 e. The second-order valence-electron chi connectivity index (χ2n) is 9.03. The summed E-state index contributed by atoms with van der Waals surface area (Å²) >= 11 is 0. The van der Waals surface area contributed by atoms with Crippen molar-refractivity contribution in [1.82, 2.24) is 20.0 Å². The molecule has 0 saturated carbocycles. The Morgan fingerprint density at radius 2 is 1.81 bits per heavy atom. The monoisotopic (exact) mass is 466 g/mol. The first-order valence-corrected chi connectivity index (χ1v) is 13.1. The summed E-state index contributed by atoms with van der Waals surface area (Å²) in [4.78, 5) is 31.8. The maximum absolute atomic E-state index is 13.5. The van der Waals surface area contributed by atoms with Crippen molar-refractivity contribution in [3.05, 3.63) is 35.6 Å². The van der Waals surface area contributed by atoms with Crippen LogP contribution in [0, 0.1) is 5.82 Å². The second kappa shape index (κ2) is 9.07. The first-order valence-electron chi connectivity index (χ1n) is 11.3. The molecule has 4 rings (SSSR count). The molecule has 1 aromatic rings. The van der Waals surface area contributed by atoms with Crippen LogP contribution in [-0.2, 0) is 20.2 Å². The van der Waals surface area contributed by atoms with Crippen molar-refractivity contribution in [2.24, 2.45) is 0 Å². The molecule has 8 nitrogen and oxygen atoms in total. The van der Waals surface area contributed by atoms with Gasteiger partial charge in [-0.05, 0) is 30.5 Å². The van der Waals surface area contributed by atoms with Crippen LogP contribution in [0.1, 0.15) is 38.2 Å². The third-order valence-electron chi connectivity index (χ3n) is 6.89. The summed E-state index contributed by atoms with van der Waals surface area (Å²) in [5.41, 5.74) is -0.568. The van der Waals surface area contributed by atoms with Gasteiger partial charge < -0.3 is 5.32 Å². The fourth-order valence-electron chi connectivity index (χ4n) is 4.97. The number of carbonyl (C=O) groups is 2. The Bertz CT molecular complexity index is 963. The normalized spacial score (nSPS) is 28.9. The van der Waals surface area contributed by atoms with Gasteiger partial charge in [-0.15, -0.1) is 0 Å². The number of imide groups is 1. The molecular weight excluding hydrogens is 435 g/mol. The number of hydrogen-bond acceptors (Lipinski definition) is 6. The smallest absolute Gasteiger partial charge is 0.319 e. The van der Waals surface area contributed by atoms with E-state index in [-0.39, 0.29) is 35.9 Å². The average Bonchev–Trinajstić information content (AvgIpc) is 3.25. The maximum Gasteiger partial charge on any atom is 0.326 e. The van der Waals surface area contributed by atoms with Crippen LogP contribution < -0.4 is 5.32 Å². The average molecular weight is 467 g/mol. The van der Waals surface area contributed by atoms with Gasteiger partial charge >= 0.3 is 6.03 Å². The zero-order chi connectivity index (χ0) is 22.9. The number of urea groups is 1. The van der Waals surface area contributed by atoms with E-state index >= 15 is 0 Å². The lowest BCUT2D eigenvalue weighted by atomic mass is 9.85. The van der Waals surface area contributed by atoms with E-state index in [2.05, 4.69) is 15.1 Å². The van der Waals surface area contributed by atoms with Crippen molar-refractivity contribution in [1.29, 1.82) is 0 Å². The van der Waals surface area contributed by atoms with Gasteiger partial charge in [-0.1, -0.05) is 31.9 Å². The molecule has 3 aliphatic heterocycles. The van der Waals surface area contributed by atoms with Gasteiger partial charge in [0.05, 0.1) is 18.2 Å². The molecule has 1 N–H and O–H groups in total. The zero-order valence-corrected chi connectivity index (χ0v) is 19.2. The van der Waals surface area contributed by atoms with Crippen molar-refractivity contribution in [3.8, 4) is 0 Å². The number of piperazine rings is 1. The molecule has 32 heavy (non-hydrogen) atoms. The molecule has 0 bridgehead atoms. The fourth-order valence-corrected chi connectivity index (χ4v) is 6.74. The van der Waals surface area contributed by atoms with Gasteiger partial charge in [-0.2, -0.15) is 0 Å². The van der Waals surface area contributed by atoms with Crippen molar-refractivity contribution in [2.45, 2.75) is 44.2 Å². The summed E-state index contributed by atoms with van der Waals surface area (Å²) in [6.07, 6.45) is 2.75. The van der Waals surface area contributed by atoms with E-state index in [9.17, 15) is 22.4 Å². The van der Waals surface area contributed by atoms with Crippen LogP contribution in [0.5, 0.6) is 0 Å². The summed E-state index contributed by atoms with van der Waals surface area (Å²) < 4.78 is 37.0. The number of benzene rings is 1. The van der Waals surface area contributed by atoms with Crippen LogP contribution >= 0.6 is 0 Å². The molecule has 1 aromatic carbocycles. The van der Waals surface area contributed by atoms with E-state index in [0.29, 0.717) is 44.6 Å². The van der Waals surface area contributed by atoms with Gasteiger partial charge in [0.15, 0.2) is 9.84 Å². The molecule has 0 radical (unpaired) electrons. The molecule has 176 valence electrons. The lowest BCUT2D eigenvalue weighted by molar-refractivity contribution is -0.133. The van der Waals surface area contributed by atoms with Gasteiger partial charge in [0.25, 0.3) is 5.91 Å². The number of sulfone groups is 1. The molecule has 3 aliphatic rings. The Balaban J connectivity index is 1.43. The van der Waals surface area contributed by atoms with Crippen LogP contribution in [0.3, 0.4) is 0 Å². The molecule has 0 unspecified atom stereocenters. The maximum atomic E-state index is 13.5. The highest BCUT2D eigenvalue weighted by Gasteiger charge is 2.52. The van der Waals surface area contributed by atoms with Gasteiger partial charge in [-0.25, -0.2) is 22.5 Å². The van der Waals surface area contributed by atoms with Crippen LogP contribution in [0.2, 0.25) is 0 Å². The largest absolute Gasteiger partial charge is 0.326 e. The van der Waals surface area contributed by atoms with Gasteiger partial charge in [0, 0.05) is 32.2 Å². The zero-order valence-electron chi connectivity index (χ0n) is 18.4. The molecule has 0 spiro atoms. The number of carbonyl (C=O) groups excluding carboxylic acids is 2. The second-order valence-corrected chi connectivity index (χ2v) is 11.3. The minimum atomic E-state index is -2.93. The van der Waals surface area contributed by atoms with Crippen molar-refractivity contribution in [2.75, 3.05) is 44.4 Å². The van der Waals surface area contributed by atoms with Gasteiger partial charge in [-0.3, -0.25) is 14.6 Å². The molecule has 3 heterocycles. The number of hydrogen-bond donors (Lipinski definition) is 1. The first-order chi connectivity index (χ1) is 15.2. The number of nitrogens with one attached hydrogen (secondary N) is 1. The van der Waals surface area contributed by atoms with E-state index in [0.717, 1.165) is 12.8 Å². The van der Waals surface area contributed by atoms with Crippen LogP contribution in [-0.4, -0.2) is 85.5 Å². The minimum absolute atomic E-state index is 0.0686. The van der Waals surface area contributed by atoms with Crippen molar-refractivity contribution < 1.29 is 22.4 Å². The molecule has 3 amide bonds. The van der Waals surface area contributed by atoms with E-state index in [1.807, 2.05) is 6.92 Å². The fraction of sp³-hybridized carbons (Fsp3) is 0.636. The number of amides is 3. The summed E-state index contributed by atoms with van der Waals surface area (Å²) in [7, 11) is -2.93. The predicted molar refractivity (Wildman–Crippen MR) is 118 cm³/mol. The third-order valence-corrected chi connectivity index (χ3v) is 8.64. The lowest BCUT2D eigenvalue weighted by Gasteiger charge is -2.38. The Morgan fingerprint density at radius 3 is 2.41 bits per heavy atom. The van der Waals surface area contributed by atoms with Crippen LogP contribution in [0.15, 0.2) is 24.3 Å². The van der Waals surface area contributed by atoms with Crippen molar-refractivity contribution >= 4 is 21.8 Å². The third kappa shape index (κ3) is 4.53. The quantitative estimate of drug-likeness (QED) is 0.613. The molecule has 3 saturated heterocycles. The van der Waals surface area contributed by atoms with E-state index in [1.165, 1.54) is 17.0 Å². The summed E-state index contributed by atoms with van der Waals surface area (Å²) in [5, 5.41) is 2.90. The SMILES string of the molecule is CCCC[C@]1(c2ccc(F)cc2)NC(=O)N(CN2CCN([C@H]3CCS(=O)(=O)C3)CC2)C1=O. The Hall–Kier alpha value is -2.04. The predicted octanol–water partition coefficient (Wildman–Crippen LogP) is 1.53. The van der Waals surface area contributed by atoms with Gasteiger partial charge in [0.2, 0.25) is 0 Å². The Morgan fingerprint density at radius 1 is 1.12 bits per heavy atom. The van der Waals surface area contributed by atoms with Crippen molar-refractivity contribution in [3.63, 3.8) is 0 Å². The Labute approximate surface area is 188 Å². The summed E-state index contributed by atoms with van der Waals surface area (Å²) in [5.74, 6) is -0.214. The first kappa shape index (κ1) is 23.1. The number of halogens is 1. The molecule has 3 fully saturated rings. The molecule has 0 aliphatic carbocycles. The highest BCUT2D eigenvalue weighted by molar-refractivity contribution is 7.91. The highest BCUT2D eigenvalue weighted by atomic mass is 32.2. The molecule has 10 heteroatoms. The molecular formula is C22H31FN4O4S. The number of nitrogens with zero attached hydrogens (tertiary/aromatic N) is 3. The van der Waals surface area contributed by atoms with E-state index in [1.54, 1.807) is 12.1 Å². The van der Waals surface area contributed by atoms with Crippen LogP contribution in [0.4, 0.5) is 9.18 Å². The Kier molecular flexibility index (Phi) is 6.56. The standard InChI is InChI=1S/C22H31FN4O4S/c1-2-3-9-22(17-4-6-18(23)7-5-17)20(28)27(21(29)24-22)16-25-10-12-26(13-11-25)19-8-14-32(30,31)15-19/h4-7,19H,2-3,8-16H2,1H3,(H,24,29)/t19-,22+/m0/s1. The lowest BCUT2D eigenvalue weighted by Crippen LogP contribution is -2.54. The van der Waals surface area contributed by atoms with Gasteiger partial charge in [0.1, 0.15) is 11.4 Å². The topological polar surface area (TPSA) is 90.0 Å². The van der Waals surface area contributed by atoms with Crippen LogP contribution in [0.25, 0.3) is 0 Å².